The molecule has 0 aromatic heterocycles. The van der Waals surface area contributed by atoms with E-state index in [1.807, 2.05) is 0 Å². The molecule has 0 fully saturated rings. The van der Waals surface area contributed by atoms with E-state index in [-0.39, 0.29) is 5.60 Å². The van der Waals surface area contributed by atoms with Gasteiger partial charge in [0.05, 0.1) is 5.60 Å². The Bertz CT molecular complexity index is 110. The Balaban J connectivity index is 3.83. The van der Waals surface area contributed by atoms with Crippen LogP contribution >= 0.6 is 0 Å². The molecule has 0 aliphatic carbocycles. The van der Waals surface area contributed by atoms with E-state index in [2.05, 4.69) is 39.6 Å². The Labute approximate surface area is 70.5 Å². The van der Waals surface area contributed by atoms with Gasteiger partial charge in [-0.2, -0.15) is 0 Å². The second kappa shape index (κ2) is 4.07. The van der Waals surface area contributed by atoms with Crippen molar-refractivity contribution in [2.75, 3.05) is 20.7 Å². The molecule has 68 valence electrons. The van der Waals surface area contributed by atoms with E-state index in [0.29, 0.717) is 6.04 Å². The van der Waals surface area contributed by atoms with Crippen LogP contribution in [-0.4, -0.2) is 37.2 Å². The van der Waals surface area contributed by atoms with Crippen LogP contribution in [-0.2, 0) is 4.74 Å². The van der Waals surface area contributed by atoms with Gasteiger partial charge in [0, 0.05) is 19.7 Å². The standard InChI is InChI=1S/C9H21NO/c1-8(2)10(5)7-9(3,4)11-6/h8H,7H2,1-6H3. The topological polar surface area (TPSA) is 12.5 Å². The van der Waals surface area contributed by atoms with Gasteiger partial charge in [-0.3, -0.25) is 0 Å². The molecule has 0 heterocycles. The number of nitrogens with zero attached hydrogens (tertiary/aromatic N) is 1. The minimum Gasteiger partial charge on any atom is -0.377 e. The van der Waals surface area contributed by atoms with Gasteiger partial charge in [-0.1, -0.05) is 0 Å². The van der Waals surface area contributed by atoms with Gasteiger partial charge in [0.1, 0.15) is 0 Å². The monoisotopic (exact) mass is 159 g/mol. The first-order valence-corrected chi connectivity index (χ1v) is 4.14. The molecule has 0 aromatic rings. The predicted octanol–water partition coefficient (Wildman–Crippen LogP) is 1.75. The highest BCUT2D eigenvalue weighted by atomic mass is 16.5. The lowest BCUT2D eigenvalue weighted by Gasteiger charge is -2.31. The van der Waals surface area contributed by atoms with Crippen molar-refractivity contribution in [2.24, 2.45) is 0 Å². The summed E-state index contributed by atoms with van der Waals surface area (Å²) in [5.74, 6) is 0. The SMILES string of the molecule is COC(C)(C)CN(C)C(C)C. The third-order valence-corrected chi connectivity index (χ3v) is 2.06. The zero-order valence-electron chi connectivity index (χ0n) is 8.64. The maximum atomic E-state index is 5.32. The predicted molar refractivity (Wildman–Crippen MR) is 48.9 cm³/mol. The number of hydrogen-bond donors (Lipinski definition) is 0. The minimum absolute atomic E-state index is 0.0288. The highest BCUT2D eigenvalue weighted by Crippen LogP contribution is 2.10. The molecule has 0 N–H and O–H groups in total. The lowest BCUT2D eigenvalue weighted by molar-refractivity contribution is -0.00776. The van der Waals surface area contributed by atoms with Gasteiger partial charge < -0.3 is 9.64 Å². The number of rotatable bonds is 4. The third kappa shape index (κ3) is 4.38. The molecule has 0 radical (unpaired) electrons. The molecule has 2 heteroatoms. The summed E-state index contributed by atoms with van der Waals surface area (Å²) < 4.78 is 5.32. The first kappa shape index (κ1) is 10.9. The Morgan fingerprint density at radius 1 is 1.36 bits per heavy atom. The summed E-state index contributed by atoms with van der Waals surface area (Å²) in [5.41, 5.74) is -0.0288. The van der Waals surface area contributed by atoms with E-state index in [1.165, 1.54) is 0 Å². The molecule has 0 aliphatic rings. The summed E-state index contributed by atoms with van der Waals surface area (Å²) >= 11 is 0. The Morgan fingerprint density at radius 3 is 2.09 bits per heavy atom. The Kier molecular flexibility index (Phi) is 4.04. The molecule has 0 saturated carbocycles. The van der Waals surface area contributed by atoms with Crippen LogP contribution in [0.5, 0.6) is 0 Å². The normalized spacial score (nSPS) is 13.1. The van der Waals surface area contributed by atoms with Crippen LogP contribution in [0.25, 0.3) is 0 Å². The summed E-state index contributed by atoms with van der Waals surface area (Å²) in [5, 5.41) is 0. The van der Waals surface area contributed by atoms with Crippen molar-refractivity contribution >= 4 is 0 Å². The summed E-state index contributed by atoms with van der Waals surface area (Å²) in [6.45, 7) is 9.55. The number of hydrogen-bond acceptors (Lipinski definition) is 2. The second-order valence-electron chi connectivity index (χ2n) is 3.97. The quantitative estimate of drug-likeness (QED) is 0.619. The Morgan fingerprint density at radius 2 is 1.82 bits per heavy atom. The van der Waals surface area contributed by atoms with Crippen LogP contribution in [0.15, 0.2) is 0 Å². The smallest absolute Gasteiger partial charge is 0.0749 e. The van der Waals surface area contributed by atoms with E-state index >= 15 is 0 Å². The van der Waals surface area contributed by atoms with Crippen molar-refractivity contribution in [2.45, 2.75) is 39.3 Å². The van der Waals surface area contributed by atoms with Crippen LogP contribution in [0.1, 0.15) is 27.7 Å². The molecule has 0 rings (SSSR count). The van der Waals surface area contributed by atoms with E-state index in [0.717, 1.165) is 6.54 Å². The van der Waals surface area contributed by atoms with Gasteiger partial charge in [0.2, 0.25) is 0 Å². The summed E-state index contributed by atoms with van der Waals surface area (Å²) in [6.07, 6.45) is 0. The van der Waals surface area contributed by atoms with Crippen molar-refractivity contribution in [3.8, 4) is 0 Å². The fourth-order valence-corrected chi connectivity index (χ4v) is 0.848. The van der Waals surface area contributed by atoms with Gasteiger partial charge in [-0.05, 0) is 34.7 Å². The molecular weight excluding hydrogens is 138 g/mol. The van der Waals surface area contributed by atoms with E-state index in [1.54, 1.807) is 7.11 Å². The van der Waals surface area contributed by atoms with Crippen molar-refractivity contribution in [1.29, 1.82) is 0 Å². The van der Waals surface area contributed by atoms with Crippen LogP contribution < -0.4 is 0 Å². The minimum atomic E-state index is -0.0288. The largest absolute Gasteiger partial charge is 0.377 e. The molecule has 0 aromatic carbocycles. The maximum absolute atomic E-state index is 5.32. The van der Waals surface area contributed by atoms with Crippen LogP contribution in [0.2, 0.25) is 0 Å². The molecule has 0 unspecified atom stereocenters. The number of likely N-dealkylation sites (N-methyl/N-ethyl adjacent to an activating group) is 1. The van der Waals surface area contributed by atoms with Crippen molar-refractivity contribution < 1.29 is 4.74 Å². The van der Waals surface area contributed by atoms with Gasteiger partial charge in [-0.15, -0.1) is 0 Å². The van der Waals surface area contributed by atoms with Crippen LogP contribution in [0.3, 0.4) is 0 Å². The highest BCUT2D eigenvalue weighted by molar-refractivity contribution is 4.73. The molecule has 2 nitrogen and oxygen atoms in total. The molecule has 0 amide bonds. The lowest BCUT2D eigenvalue weighted by Crippen LogP contribution is -2.41. The average Bonchev–Trinajstić information content (AvgIpc) is 1.87. The highest BCUT2D eigenvalue weighted by Gasteiger charge is 2.19. The first-order chi connectivity index (χ1) is 4.89. The average molecular weight is 159 g/mol. The second-order valence-corrected chi connectivity index (χ2v) is 3.97. The molecule has 11 heavy (non-hydrogen) atoms. The fourth-order valence-electron chi connectivity index (χ4n) is 0.848. The lowest BCUT2D eigenvalue weighted by atomic mass is 10.1. The van der Waals surface area contributed by atoms with Gasteiger partial charge >= 0.3 is 0 Å². The first-order valence-electron chi connectivity index (χ1n) is 4.14. The molecular formula is C9H21NO. The zero-order valence-corrected chi connectivity index (χ0v) is 8.64. The van der Waals surface area contributed by atoms with E-state index < -0.39 is 0 Å². The fraction of sp³-hybridized carbons (Fsp3) is 1.00. The zero-order chi connectivity index (χ0) is 9.07. The van der Waals surface area contributed by atoms with Crippen molar-refractivity contribution in [3.05, 3.63) is 0 Å². The molecule has 0 aliphatic heterocycles. The van der Waals surface area contributed by atoms with E-state index in [4.69, 9.17) is 4.74 Å². The molecule has 0 spiro atoms. The molecule has 0 bridgehead atoms. The van der Waals surface area contributed by atoms with Crippen LogP contribution in [0, 0.1) is 0 Å². The Hall–Kier alpha value is -0.0800. The van der Waals surface area contributed by atoms with Crippen molar-refractivity contribution in [3.63, 3.8) is 0 Å². The van der Waals surface area contributed by atoms with Crippen LogP contribution in [0.4, 0.5) is 0 Å². The van der Waals surface area contributed by atoms with Gasteiger partial charge in [0.15, 0.2) is 0 Å². The molecule has 0 saturated heterocycles. The van der Waals surface area contributed by atoms with E-state index in [9.17, 15) is 0 Å². The number of methoxy groups -OCH3 is 1. The van der Waals surface area contributed by atoms with Gasteiger partial charge in [0.25, 0.3) is 0 Å². The molecule has 0 atom stereocenters. The maximum Gasteiger partial charge on any atom is 0.0749 e. The summed E-state index contributed by atoms with van der Waals surface area (Å²) in [7, 11) is 3.87. The summed E-state index contributed by atoms with van der Waals surface area (Å²) in [6, 6.07) is 0.587. The van der Waals surface area contributed by atoms with Crippen molar-refractivity contribution in [1.82, 2.24) is 4.90 Å². The number of ether oxygens (including phenoxy) is 1. The third-order valence-electron chi connectivity index (χ3n) is 2.06. The van der Waals surface area contributed by atoms with Gasteiger partial charge in [-0.25, -0.2) is 0 Å². The summed E-state index contributed by atoms with van der Waals surface area (Å²) in [4.78, 5) is 2.28.